The number of nitrogens with zero attached hydrogens (tertiary/aromatic N) is 5. The molecule has 3 heterocycles. The van der Waals surface area contributed by atoms with Crippen molar-refractivity contribution in [3.05, 3.63) is 30.5 Å². The highest BCUT2D eigenvalue weighted by molar-refractivity contribution is 6.07. The van der Waals surface area contributed by atoms with Gasteiger partial charge in [-0.05, 0) is 93.5 Å². The number of carbonyl (C=O) groups excluding carboxylic acids is 3. The number of fused-ring (bicyclic) bond motifs is 1. The fourth-order valence-corrected chi connectivity index (χ4v) is 9.27. The van der Waals surface area contributed by atoms with Crippen molar-refractivity contribution in [3.63, 3.8) is 0 Å². The molecular formula is C44H71F2N7O9. The first-order valence-electron chi connectivity index (χ1n) is 21.8. The summed E-state index contributed by atoms with van der Waals surface area (Å²) in [6, 6.07) is 5.38. The minimum absolute atomic E-state index is 0.0841. The molecule has 0 spiro atoms. The number of nitrogen functional groups attached to an aromatic ring is 1. The predicted octanol–water partition coefficient (Wildman–Crippen LogP) is 5.11. The number of hydrogen-bond donors (Lipinski definition) is 3. The van der Waals surface area contributed by atoms with Crippen molar-refractivity contribution >= 4 is 23.5 Å². The maximum atomic E-state index is 17.2. The minimum Gasteiger partial charge on any atom is -0.455 e. The van der Waals surface area contributed by atoms with Crippen molar-refractivity contribution in [1.82, 2.24) is 30.1 Å². The summed E-state index contributed by atoms with van der Waals surface area (Å²) in [4.78, 5) is 45.5. The Morgan fingerprint density at radius 3 is 2.35 bits per heavy atom. The van der Waals surface area contributed by atoms with Gasteiger partial charge >= 0.3 is 12.1 Å². The van der Waals surface area contributed by atoms with E-state index in [1.165, 1.54) is 25.9 Å². The van der Waals surface area contributed by atoms with Gasteiger partial charge in [0.25, 0.3) is 5.67 Å². The molecule has 2 aliphatic heterocycles. The highest BCUT2D eigenvalue weighted by Gasteiger charge is 2.60. The number of hydrogen-bond acceptors (Lipinski definition) is 14. The lowest BCUT2D eigenvalue weighted by atomic mass is 9.77. The van der Waals surface area contributed by atoms with E-state index in [9.17, 15) is 19.5 Å². The quantitative estimate of drug-likeness (QED) is 0.0663. The monoisotopic (exact) mass is 880 g/mol. The summed E-state index contributed by atoms with van der Waals surface area (Å²) >= 11 is 0. The lowest BCUT2D eigenvalue weighted by Crippen LogP contribution is -2.62. The first kappa shape index (κ1) is 50.8. The van der Waals surface area contributed by atoms with Crippen LogP contribution < -0.4 is 11.1 Å². The average Bonchev–Trinajstić information content (AvgIpc) is 3.79. The van der Waals surface area contributed by atoms with Gasteiger partial charge in [0.2, 0.25) is 0 Å². The molecule has 62 heavy (non-hydrogen) atoms. The molecule has 2 aliphatic rings. The molecule has 0 bridgehead atoms. The van der Waals surface area contributed by atoms with Crippen LogP contribution in [0.1, 0.15) is 94.4 Å². The van der Waals surface area contributed by atoms with Gasteiger partial charge in [0.05, 0.1) is 23.9 Å². The normalized spacial score (nSPS) is 33.0. The van der Waals surface area contributed by atoms with Crippen LogP contribution in [-0.2, 0) is 39.8 Å². The van der Waals surface area contributed by atoms with Crippen molar-refractivity contribution in [2.45, 2.75) is 166 Å². The van der Waals surface area contributed by atoms with Crippen molar-refractivity contribution in [1.29, 1.82) is 0 Å². The van der Waals surface area contributed by atoms with Crippen molar-refractivity contribution in [2.75, 3.05) is 46.6 Å². The zero-order chi connectivity index (χ0) is 46.4. The Hall–Kier alpha value is -3.81. The molecule has 350 valence electrons. The van der Waals surface area contributed by atoms with E-state index in [0.29, 0.717) is 37.2 Å². The number of methoxy groups -OCH3 is 1. The maximum Gasteiger partial charge on any atom is 0.410 e. The van der Waals surface area contributed by atoms with Crippen molar-refractivity contribution in [2.24, 2.45) is 5.92 Å². The third kappa shape index (κ3) is 11.3. The first-order valence-corrected chi connectivity index (χ1v) is 21.8. The number of rotatable bonds is 16. The third-order valence-electron chi connectivity index (χ3n) is 12.6. The summed E-state index contributed by atoms with van der Waals surface area (Å²) in [5, 5.41) is 23.3. The van der Waals surface area contributed by atoms with E-state index in [1.807, 2.05) is 31.3 Å². The number of nitrogens with two attached hydrogens (primary N) is 1. The van der Waals surface area contributed by atoms with Crippen LogP contribution in [0.5, 0.6) is 0 Å². The topological polar surface area (TPSA) is 193 Å². The van der Waals surface area contributed by atoms with Crippen LogP contribution in [0.15, 0.2) is 30.5 Å². The number of ketones is 1. The van der Waals surface area contributed by atoms with E-state index >= 15 is 8.78 Å². The Morgan fingerprint density at radius 1 is 1.08 bits per heavy atom. The van der Waals surface area contributed by atoms with Gasteiger partial charge in [0, 0.05) is 69.0 Å². The largest absolute Gasteiger partial charge is 0.455 e. The highest BCUT2D eigenvalue weighted by Crippen LogP contribution is 2.41. The molecule has 0 aliphatic carbocycles. The van der Waals surface area contributed by atoms with Gasteiger partial charge in [-0.2, -0.15) is 0 Å². The fourth-order valence-electron chi connectivity index (χ4n) is 9.27. The molecule has 0 radical (unpaired) electrons. The van der Waals surface area contributed by atoms with E-state index in [0.717, 1.165) is 12.5 Å². The molecule has 2 fully saturated rings. The average molecular weight is 880 g/mol. The summed E-state index contributed by atoms with van der Waals surface area (Å²) in [6.07, 6.45) is -2.81. The molecule has 1 amide bonds. The molecule has 16 nitrogen and oxygen atoms in total. The second kappa shape index (κ2) is 20.8. The van der Waals surface area contributed by atoms with E-state index in [4.69, 9.17) is 29.4 Å². The molecule has 4 N–H and O–H groups in total. The number of amides is 1. The molecular weight excluding hydrogens is 809 g/mol. The number of esters is 1. The number of benzene rings is 1. The number of Topliss-reactive ketones (excluding diaryl/α,β-unsaturated/α-hetero) is 1. The SMILES string of the molecule is CCO[C@@H](O[C@@H]1[C@@H](C)C(=O)C(C)(F)C(=O)O[C@H](CC)[C@@]2(C)OC(=O)N(CCCCn3cc(-c4cccc(N)c4)nn3)[C@@H]2[C@@H](C)NCC(C)(F)C[C@@]1(C)OC)C(O)C(CC)N(C)C. The lowest BCUT2D eigenvalue weighted by molar-refractivity contribution is -0.268. The van der Waals surface area contributed by atoms with Gasteiger partial charge in [0.1, 0.15) is 23.6 Å². The minimum atomic E-state index is -3.25. The number of aliphatic hydroxyl groups is 1. The fraction of sp³-hybridized carbons (Fsp3) is 0.750. The number of likely N-dealkylation sites (N-methyl/N-ethyl adjacent to an activating group) is 1. The molecule has 4 rings (SSSR count). The van der Waals surface area contributed by atoms with Crippen LogP contribution in [0.2, 0.25) is 0 Å². The number of halogens is 2. The van der Waals surface area contributed by atoms with Gasteiger partial charge in [-0.1, -0.05) is 38.1 Å². The van der Waals surface area contributed by atoms with Gasteiger partial charge in [0.15, 0.2) is 17.7 Å². The summed E-state index contributed by atoms with van der Waals surface area (Å²) in [5.74, 6) is -4.16. The summed E-state index contributed by atoms with van der Waals surface area (Å²) in [5.41, 5.74) is -0.478. The van der Waals surface area contributed by atoms with Crippen molar-refractivity contribution < 1.29 is 52.0 Å². The van der Waals surface area contributed by atoms with Crippen molar-refractivity contribution in [3.8, 4) is 11.3 Å². The summed E-state index contributed by atoms with van der Waals surface area (Å²) < 4.78 is 66.2. The molecule has 4 unspecified atom stereocenters. The van der Waals surface area contributed by atoms with Gasteiger partial charge in [-0.15, -0.1) is 5.10 Å². The number of aromatic nitrogens is 3. The van der Waals surface area contributed by atoms with Crippen LogP contribution in [0.25, 0.3) is 11.3 Å². The number of ether oxygens (including phenoxy) is 5. The molecule has 2 saturated heterocycles. The van der Waals surface area contributed by atoms with Crippen LogP contribution in [0.3, 0.4) is 0 Å². The molecule has 1 aromatic heterocycles. The Kier molecular flexibility index (Phi) is 17.0. The smallest absolute Gasteiger partial charge is 0.410 e. The lowest BCUT2D eigenvalue weighted by Gasteiger charge is -2.45. The Balaban J connectivity index is 1.67. The Bertz CT molecular complexity index is 1820. The number of carbonyl (C=O) groups is 3. The number of anilines is 1. The molecule has 0 saturated carbocycles. The first-order chi connectivity index (χ1) is 29.0. The second-order valence-electron chi connectivity index (χ2n) is 17.9. The number of alkyl halides is 2. The van der Waals surface area contributed by atoms with E-state index in [2.05, 4.69) is 15.6 Å². The van der Waals surface area contributed by atoms with E-state index < -0.39 is 89.0 Å². The van der Waals surface area contributed by atoms with E-state index in [1.54, 1.807) is 64.4 Å². The summed E-state index contributed by atoms with van der Waals surface area (Å²) in [7, 11) is 4.91. The Morgan fingerprint density at radius 2 is 1.76 bits per heavy atom. The highest BCUT2D eigenvalue weighted by atomic mass is 19.1. The van der Waals surface area contributed by atoms with Crippen LogP contribution in [0.4, 0.5) is 19.3 Å². The molecule has 2 aromatic rings. The summed E-state index contributed by atoms with van der Waals surface area (Å²) in [6.45, 7) is 14.3. The number of unbranched alkanes of at least 4 members (excludes halogenated alkanes) is 1. The number of cyclic esters (lactones) is 1. The Labute approximate surface area is 365 Å². The second-order valence-corrected chi connectivity index (χ2v) is 17.9. The van der Waals surface area contributed by atoms with Gasteiger partial charge in [-0.25, -0.2) is 18.4 Å². The van der Waals surface area contributed by atoms with Crippen LogP contribution in [0, 0.1) is 5.92 Å². The third-order valence-corrected chi connectivity index (χ3v) is 12.6. The number of nitrogens with one attached hydrogen (secondary N) is 1. The van der Waals surface area contributed by atoms with Gasteiger partial charge in [-0.3, -0.25) is 14.4 Å². The zero-order valence-electron chi connectivity index (χ0n) is 38.7. The van der Waals surface area contributed by atoms with E-state index in [-0.39, 0.29) is 32.5 Å². The molecule has 18 heteroatoms. The molecule has 12 atom stereocenters. The maximum absolute atomic E-state index is 17.2. The van der Waals surface area contributed by atoms with Crippen LogP contribution >= 0.6 is 0 Å². The number of aliphatic hydroxyl groups excluding tert-OH is 1. The van der Waals surface area contributed by atoms with Crippen LogP contribution in [-0.4, -0.2) is 154 Å². The van der Waals surface area contributed by atoms with Gasteiger partial charge < -0.3 is 44.7 Å². The standard InChI is InChI=1S/C44H71F2N7O9/c1-13-32(51(10)11)34(54)38(59-15-3)61-37-27(4)36(55)43(8,46)39(56)60-33(14-2)44(9)35(28(5)48-26-41(6,45)25-42(37,7)58-12)53(40(57)62-44)22-17-16-21-52-24-31(49-50-52)29-19-18-20-30(47)23-29/h18-20,23-24,27-28,32-35,37-38,48,54H,13-17,21-22,25-26,47H2,1-12H3/t27-,28+,32?,33+,34?,35+,37+,38-,41?,42+,43?,44+/m0/s1. The zero-order valence-corrected chi connectivity index (χ0v) is 38.7. The number of aryl methyl sites for hydroxylation is 1. The predicted molar refractivity (Wildman–Crippen MR) is 229 cm³/mol. The molecule has 1 aromatic carbocycles.